The minimum Gasteiger partial charge on any atom is -0.338 e. The van der Waals surface area contributed by atoms with Gasteiger partial charge in [-0.3, -0.25) is 9.59 Å². The number of carbonyl (C=O) groups is 3. The fourth-order valence-electron chi connectivity index (χ4n) is 3.77. The summed E-state index contributed by atoms with van der Waals surface area (Å²) < 4.78 is 13.3. The number of nitrogens with one attached hydrogen (secondary N) is 1. The fourth-order valence-corrected chi connectivity index (χ4v) is 3.77. The molecule has 1 aromatic rings. The number of carbonyl (C=O) groups excluding carboxylic acids is 3. The van der Waals surface area contributed by atoms with Gasteiger partial charge in [-0.2, -0.15) is 0 Å². The third kappa shape index (κ3) is 4.61. The van der Waals surface area contributed by atoms with E-state index in [9.17, 15) is 18.8 Å². The van der Waals surface area contributed by atoms with E-state index >= 15 is 0 Å². The monoisotopic (exact) mass is 390 g/mol. The lowest BCUT2D eigenvalue weighted by molar-refractivity contribution is -0.158. The number of likely N-dealkylation sites (tertiary alicyclic amines) is 1. The lowest BCUT2D eigenvalue weighted by Crippen LogP contribution is -2.59. The molecule has 2 aliphatic rings. The number of nitrogens with zero attached hydrogens (tertiary/aromatic N) is 3. The lowest BCUT2D eigenvalue weighted by Gasteiger charge is -2.42. The first-order chi connectivity index (χ1) is 13.5. The zero-order valence-electron chi connectivity index (χ0n) is 16.2. The van der Waals surface area contributed by atoms with Crippen molar-refractivity contribution in [1.29, 1.82) is 0 Å². The number of amides is 4. The van der Waals surface area contributed by atoms with Crippen molar-refractivity contribution in [2.24, 2.45) is 0 Å². The van der Waals surface area contributed by atoms with E-state index in [4.69, 9.17) is 0 Å². The highest BCUT2D eigenvalue weighted by atomic mass is 19.1. The topological polar surface area (TPSA) is 73.0 Å². The van der Waals surface area contributed by atoms with Crippen molar-refractivity contribution in [3.63, 3.8) is 0 Å². The molecule has 0 saturated carbocycles. The van der Waals surface area contributed by atoms with Crippen molar-refractivity contribution in [2.75, 3.05) is 32.7 Å². The Kier molecular flexibility index (Phi) is 6.49. The van der Waals surface area contributed by atoms with Crippen molar-refractivity contribution in [2.45, 2.75) is 38.8 Å². The molecule has 8 heteroatoms. The molecular formula is C20H27FN4O3. The molecule has 1 N–H and O–H groups in total. The van der Waals surface area contributed by atoms with Gasteiger partial charge < -0.3 is 20.0 Å². The molecule has 2 saturated heterocycles. The van der Waals surface area contributed by atoms with E-state index in [1.807, 2.05) is 6.92 Å². The molecule has 28 heavy (non-hydrogen) atoms. The standard InChI is InChI=1S/C20H27FN4O3/c1-2-8-22-20(28)23-9-6-17(7-10-23)25-12-11-24(18(26)19(25)27)14-15-4-3-5-16(21)13-15/h3-5,13,17H,2,6-12,14H2,1H3,(H,22,28). The second kappa shape index (κ2) is 9.03. The Bertz CT molecular complexity index is 734. The van der Waals surface area contributed by atoms with E-state index in [0.717, 1.165) is 6.42 Å². The molecule has 2 fully saturated rings. The number of hydrogen-bond donors (Lipinski definition) is 1. The number of benzene rings is 1. The Hall–Kier alpha value is -2.64. The van der Waals surface area contributed by atoms with E-state index < -0.39 is 11.8 Å². The van der Waals surface area contributed by atoms with Gasteiger partial charge in [0.15, 0.2) is 0 Å². The molecule has 0 radical (unpaired) electrons. The van der Waals surface area contributed by atoms with Crippen molar-refractivity contribution >= 4 is 17.8 Å². The van der Waals surface area contributed by atoms with E-state index in [-0.39, 0.29) is 24.4 Å². The van der Waals surface area contributed by atoms with E-state index in [0.29, 0.717) is 51.1 Å². The maximum Gasteiger partial charge on any atom is 0.317 e. The number of hydrogen-bond acceptors (Lipinski definition) is 3. The maximum absolute atomic E-state index is 13.3. The van der Waals surface area contributed by atoms with Gasteiger partial charge in [0.25, 0.3) is 0 Å². The smallest absolute Gasteiger partial charge is 0.317 e. The SMILES string of the molecule is CCCNC(=O)N1CCC(N2CCN(Cc3cccc(F)c3)C(=O)C2=O)CC1. The summed E-state index contributed by atoms with van der Waals surface area (Å²) in [7, 11) is 0. The van der Waals surface area contributed by atoms with Crippen LogP contribution in [0.1, 0.15) is 31.7 Å². The highest BCUT2D eigenvalue weighted by Gasteiger charge is 2.37. The van der Waals surface area contributed by atoms with Gasteiger partial charge in [0.05, 0.1) is 0 Å². The van der Waals surface area contributed by atoms with Gasteiger partial charge in [-0.25, -0.2) is 9.18 Å². The molecule has 0 bridgehead atoms. The first-order valence-corrected chi connectivity index (χ1v) is 9.86. The van der Waals surface area contributed by atoms with Gasteiger partial charge in [-0.15, -0.1) is 0 Å². The molecule has 2 aliphatic heterocycles. The molecule has 3 rings (SSSR count). The average Bonchev–Trinajstić information content (AvgIpc) is 2.70. The first-order valence-electron chi connectivity index (χ1n) is 9.86. The Morgan fingerprint density at radius 1 is 1.14 bits per heavy atom. The summed E-state index contributed by atoms with van der Waals surface area (Å²) in [6.07, 6.45) is 2.23. The fraction of sp³-hybridized carbons (Fsp3) is 0.550. The molecule has 2 heterocycles. The summed E-state index contributed by atoms with van der Waals surface area (Å²) in [4.78, 5) is 42.1. The highest BCUT2D eigenvalue weighted by molar-refractivity contribution is 6.35. The summed E-state index contributed by atoms with van der Waals surface area (Å²) in [5, 5.41) is 2.86. The molecule has 0 unspecified atom stereocenters. The highest BCUT2D eigenvalue weighted by Crippen LogP contribution is 2.20. The van der Waals surface area contributed by atoms with Crippen LogP contribution in [-0.4, -0.2) is 71.3 Å². The van der Waals surface area contributed by atoms with Crippen LogP contribution in [-0.2, 0) is 16.1 Å². The van der Waals surface area contributed by atoms with E-state index in [1.165, 1.54) is 17.0 Å². The third-order valence-corrected chi connectivity index (χ3v) is 5.32. The number of piperazine rings is 1. The zero-order valence-corrected chi connectivity index (χ0v) is 16.2. The molecule has 0 aromatic heterocycles. The largest absolute Gasteiger partial charge is 0.338 e. The molecule has 4 amide bonds. The summed E-state index contributed by atoms with van der Waals surface area (Å²) in [5.74, 6) is -1.40. The predicted octanol–water partition coefficient (Wildman–Crippen LogP) is 1.58. The van der Waals surface area contributed by atoms with Crippen LogP contribution in [0.2, 0.25) is 0 Å². The van der Waals surface area contributed by atoms with Crippen LogP contribution < -0.4 is 5.32 Å². The van der Waals surface area contributed by atoms with Crippen LogP contribution in [0.15, 0.2) is 24.3 Å². The second-order valence-electron chi connectivity index (χ2n) is 7.31. The van der Waals surface area contributed by atoms with Crippen molar-refractivity contribution in [1.82, 2.24) is 20.0 Å². The first kappa shape index (κ1) is 20.1. The number of halogens is 1. The van der Waals surface area contributed by atoms with Gasteiger partial charge in [0.2, 0.25) is 0 Å². The van der Waals surface area contributed by atoms with E-state index in [2.05, 4.69) is 5.32 Å². The normalized spacial score (nSPS) is 18.6. The van der Waals surface area contributed by atoms with Crippen molar-refractivity contribution < 1.29 is 18.8 Å². The minimum absolute atomic E-state index is 0.0250. The third-order valence-electron chi connectivity index (χ3n) is 5.32. The van der Waals surface area contributed by atoms with Gasteiger partial charge in [0, 0.05) is 45.3 Å². The second-order valence-corrected chi connectivity index (χ2v) is 7.31. The number of urea groups is 1. The van der Waals surface area contributed by atoms with Crippen LogP contribution in [0.25, 0.3) is 0 Å². The average molecular weight is 390 g/mol. The molecule has 7 nitrogen and oxygen atoms in total. The Balaban J connectivity index is 1.53. The molecule has 1 aromatic carbocycles. The molecule has 0 aliphatic carbocycles. The molecule has 0 atom stereocenters. The minimum atomic E-state index is -0.543. The zero-order chi connectivity index (χ0) is 20.1. The quantitative estimate of drug-likeness (QED) is 0.776. The predicted molar refractivity (Wildman–Crippen MR) is 102 cm³/mol. The Morgan fingerprint density at radius 3 is 2.57 bits per heavy atom. The summed E-state index contributed by atoms with van der Waals surface area (Å²) in [5.41, 5.74) is 0.668. The number of piperidine rings is 1. The summed E-state index contributed by atoms with van der Waals surface area (Å²) >= 11 is 0. The van der Waals surface area contributed by atoms with Gasteiger partial charge in [0.1, 0.15) is 5.82 Å². The maximum atomic E-state index is 13.3. The summed E-state index contributed by atoms with van der Waals surface area (Å²) in [6, 6.07) is 5.97. The van der Waals surface area contributed by atoms with Crippen LogP contribution in [0, 0.1) is 5.82 Å². The van der Waals surface area contributed by atoms with Crippen molar-refractivity contribution in [3.05, 3.63) is 35.6 Å². The van der Waals surface area contributed by atoms with Gasteiger partial charge in [-0.05, 0) is 37.0 Å². The summed E-state index contributed by atoms with van der Waals surface area (Å²) in [6.45, 7) is 4.93. The molecule has 0 spiro atoms. The van der Waals surface area contributed by atoms with Crippen molar-refractivity contribution in [3.8, 4) is 0 Å². The number of rotatable bonds is 5. The molecule has 152 valence electrons. The van der Waals surface area contributed by atoms with Crippen LogP contribution in [0.4, 0.5) is 9.18 Å². The van der Waals surface area contributed by atoms with Crippen LogP contribution in [0.3, 0.4) is 0 Å². The van der Waals surface area contributed by atoms with Gasteiger partial charge in [-0.1, -0.05) is 19.1 Å². The van der Waals surface area contributed by atoms with E-state index in [1.54, 1.807) is 21.9 Å². The Morgan fingerprint density at radius 2 is 1.89 bits per heavy atom. The van der Waals surface area contributed by atoms with Gasteiger partial charge >= 0.3 is 17.8 Å². The van der Waals surface area contributed by atoms with Crippen LogP contribution in [0.5, 0.6) is 0 Å². The van der Waals surface area contributed by atoms with Crippen LogP contribution >= 0.6 is 0 Å². The molecular weight excluding hydrogens is 363 g/mol. The lowest BCUT2D eigenvalue weighted by atomic mass is 10.0. The Labute approximate surface area is 164 Å².